The summed E-state index contributed by atoms with van der Waals surface area (Å²) < 4.78 is 1.62. The van der Waals surface area contributed by atoms with Gasteiger partial charge in [-0.3, -0.25) is 9.36 Å². The number of carbonyl (C=O) groups is 1. The number of thiophene rings is 1. The van der Waals surface area contributed by atoms with Gasteiger partial charge < -0.3 is 0 Å². The fraction of sp³-hybridized carbons (Fsp3) is 0.167. The second-order valence-corrected chi connectivity index (χ2v) is 6.53. The monoisotopic (exact) mass is 321 g/mol. The number of nitriles is 1. The number of rotatable bonds is 2. The number of aryl methyl sites for hydroxylation is 1. The van der Waals surface area contributed by atoms with Crippen molar-refractivity contribution in [2.75, 3.05) is 0 Å². The summed E-state index contributed by atoms with van der Waals surface area (Å²) in [4.78, 5) is 17.4. The third kappa shape index (κ3) is 2.58. The highest BCUT2D eigenvalue weighted by molar-refractivity contribution is 7.16. The molecule has 5 heteroatoms. The van der Waals surface area contributed by atoms with E-state index in [-0.39, 0.29) is 5.91 Å². The Labute approximate surface area is 138 Å². The maximum Gasteiger partial charge on any atom is 0.227 e. The fourth-order valence-electron chi connectivity index (χ4n) is 2.53. The van der Waals surface area contributed by atoms with Crippen LogP contribution in [0.25, 0.3) is 10.9 Å². The summed E-state index contributed by atoms with van der Waals surface area (Å²) in [6, 6.07) is 9.93. The van der Waals surface area contributed by atoms with E-state index >= 15 is 0 Å². The van der Waals surface area contributed by atoms with Crippen LogP contribution in [0.1, 0.15) is 33.3 Å². The zero-order valence-electron chi connectivity index (χ0n) is 13.1. The molecule has 0 amide bonds. The van der Waals surface area contributed by atoms with Gasteiger partial charge in [-0.05, 0) is 25.5 Å². The molecule has 0 saturated carbocycles. The highest BCUT2D eigenvalue weighted by atomic mass is 32.1. The first-order chi connectivity index (χ1) is 11.0. The van der Waals surface area contributed by atoms with Crippen LogP contribution in [-0.4, -0.2) is 16.7 Å². The number of nitrogens with zero attached hydrogens (tertiary/aromatic N) is 3. The van der Waals surface area contributed by atoms with Crippen molar-refractivity contribution in [2.45, 2.75) is 20.8 Å². The minimum absolute atomic E-state index is 0.0404. The lowest BCUT2D eigenvalue weighted by Gasteiger charge is -1.96. The van der Waals surface area contributed by atoms with Crippen molar-refractivity contribution in [3.63, 3.8) is 0 Å². The summed E-state index contributed by atoms with van der Waals surface area (Å²) in [6.45, 7) is 5.46. The number of aliphatic imine (C=N–C) groups is 1. The largest absolute Gasteiger partial charge is 0.287 e. The summed E-state index contributed by atoms with van der Waals surface area (Å²) in [5, 5.41) is 11.0. The molecule has 3 rings (SSSR count). The predicted molar refractivity (Wildman–Crippen MR) is 94.0 cm³/mol. The maximum atomic E-state index is 11.8. The molecule has 0 spiro atoms. The van der Waals surface area contributed by atoms with Crippen LogP contribution in [0, 0.1) is 25.2 Å². The predicted octanol–water partition coefficient (Wildman–Crippen LogP) is 4.60. The van der Waals surface area contributed by atoms with Crippen LogP contribution in [0.15, 0.2) is 35.5 Å². The lowest BCUT2D eigenvalue weighted by molar-refractivity contribution is 0.0941. The molecule has 0 radical (unpaired) electrons. The second kappa shape index (κ2) is 5.82. The average molecular weight is 321 g/mol. The highest BCUT2D eigenvalue weighted by Gasteiger charge is 2.12. The zero-order valence-corrected chi connectivity index (χ0v) is 13.9. The van der Waals surface area contributed by atoms with Gasteiger partial charge in [0, 0.05) is 35.2 Å². The summed E-state index contributed by atoms with van der Waals surface area (Å²) in [7, 11) is 0. The van der Waals surface area contributed by atoms with E-state index in [1.807, 2.05) is 38.1 Å². The van der Waals surface area contributed by atoms with Crippen LogP contribution in [0.3, 0.4) is 0 Å². The molecule has 0 fully saturated rings. The zero-order chi connectivity index (χ0) is 16.6. The Morgan fingerprint density at radius 2 is 2.09 bits per heavy atom. The molecular weight excluding hydrogens is 306 g/mol. The Balaban J connectivity index is 2.11. The lowest BCUT2D eigenvalue weighted by atomic mass is 10.2. The Hall–Kier alpha value is -2.71. The first kappa shape index (κ1) is 15.2. The smallest absolute Gasteiger partial charge is 0.227 e. The molecule has 0 saturated heterocycles. The van der Waals surface area contributed by atoms with E-state index in [4.69, 9.17) is 0 Å². The third-order valence-electron chi connectivity index (χ3n) is 3.88. The topological polar surface area (TPSA) is 58.1 Å². The van der Waals surface area contributed by atoms with Crippen LogP contribution in [0.2, 0.25) is 0 Å². The fourth-order valence-corrected chi connectivity index (χ4v) is 3.48. The van der Waals surface area contributed by atoms with E-state index in [2.05, 4.69) is 11.1 Å². The van der Waals surface area contributed by atoms with E-state index in [1.54, 1.807) is 17.0 Å². The molecule has 0 aliphatic heterocycles. The summed E-state index contributed by atoms with van der Waals surface area (Å²) in [6.07, 6.45) is 3.52. The Morgan fingerprint density at radius 1 is 1.35 bits per heavy atom. The van der Waals surface area contributed by atoms with E-state index in [9.17, 15) is 10.1 Å². The molecule has 23 heavy (non-hydrogen) atoms. The maximum absolute atomic E-state index is 11.8. The van der Waals surface area contributed by atoms with Gasteiger partial charge in [0.2, 0.25) is 5.91 Å². The van der Waals surface area contributed by atoms with Crippen molar-refractivity contribution >= 4 is 39.4 Å². The van der Waals surface area contributed by atoms with Crippen LogP contribution in [0.4, 0.5) is 5.00 Å². The van der Waals surface area contributed by atoms with Crippen molar-refractivity contribution in [2.24, 2.45) is 4.99 Å². The quantitative estimate of drug-likeness (QED) is 0.648. The summed E-state index contributed by atoms with van der Waals surface area (Å²) in [5.74, 6) is -0.0404. The van der Waals surface area contributed by atoms with Crippen LogP contribution < -0.4 is 0 Å². The number of hydrogen-bond donors (Lipinski definition) is 0. The van der Waals surface area contributed by atoms with Crippen molar-refractivity contribution in [3.05, 3.63) is 52.0 Å². The molecule has 0 atom stereocenters. The molecule has 1 aromatic carbocycles. The van der Waals surface area contributed by atoms with Crippen molar-refractivity contribution in [1.82, 2.24) is 4.57 Å². The van der Waals surface area contributed by atoms with Crippen molar-refractivity contribution in [3.8, 4) is 6.07 Å². The number of fused-ring (bicyclic) bond motifs is 1. The van der Waals surface area contributed by atoms with Crippen LogP contribution in [-0.2, 0) is 0 Å². The first-order valence-electron chi connectivity index (χ1n) is 7.18. The first-order valence-corrected chi connectivity index (χ1v) is 7.99. The number of para-hydroxylation sites is 1. The minimum Gasteiger partial charge on any atom is -0.287 e. The Kier molecular flexibility index (Phi) is 3.85. The molecular formula is C18H15N3OS. The number of benzene rings is 1. The van der Waals surface area contributed by atoms with E-state index in [0.717, 1.165) is 26.9 Å². The van der Waals surface area contributed by atoms with Gasteiger partial charge in [-0.15, -0.1) is 11.3 Å². The number of aromatic nitrogens is 1. The second-order valence-electron chi connectivity index (χ2n) is 5.32. The molecule has 0 N–H and O–H groups in total. The van der Waals surface area contributed by atoms with Crippen molar-refractivity contribution < 1.29 is 4.79 Å². The number of hydrogen-bond acceptors (Lipinski definition) is 4. The van der Waals surface area contributed by atoms with Gasteiger partial charge in [-0.2, -0.15) is 5.26 Å². The van der Waals surface area contributed by atoms with Gasteiger partial charge in [0.1, 0.15) is 11.1 Å². The third-order valence-corrected chi connectivity index (χ3v) is 5.00. The van der Waals surface area contributed by atoms with E-state index in [0.29, 0.717) is 10.6 Å². The van der Waals surface area contributed by atoms with Crippen LogP contribution in [0.5, 0.6) is 0 Å². The van der Waals surface area contributed by atoms with Crippen molar-refractivity contribution in [1.29, 1.82) is 5.26 Å². The summed E-state index contributed by atoms with van der Waals surface area (Å²) in [5.41, 5.74) is 3.33. The number of carbonyl (C=O) groups excluding carboxylic acids is 1. The molecule has 0 aliphatic carbocycles. The summed E-state index contributed by atoms with van der Waals surface area (Å²) >= 11 is 1.51. The standard InChI is InChI=1S/C18H15N3OS/c1-11-12(2)23-18(16(11)8-19)20-9-14-10-21(13(3)22)17-7-5-4-6-15(14)17/h4-7,9-10H,1-3H3/b20-9+. The van der Waals surface area contributed by atoms with Gasteiger partial charge in [0.25, 0.3) is 0 Å². The molecule has 0 unspecified atom stereocenters. The highest BCUT2D eigenvalue weighted by Crippen LogP contribution is 2.34. The van der Waals surface area contributed by atoms with Gasteiger partial charge in [0.05, 0.1) is 11.1 Å². The Morgan fingerprint density at radius 3 is 2.78 bits per heavy atom. The van der Waals surface area contributed by atoms with Gasteiger partial charge in [0.15, 0.2) is 0 Å². The molecule has 4 nitrogen and oxygen atoms in total. The SMILES string of the molecule is CC(=O)n1cc(/C=N/c2sc(C)c(C)c2C#N)c2ccccc21. The molecule has 0 bridgehead atoms. The molecule has 3 aromatic rings. The molecule has 2 aromatic heterocycles. The molecule has 114 valence electrons. The van der Waals surface area contributed by atoms with Gasteiger partial charge in [-0.25, -0.2) is 4.99 Å². The van der Waals surface area contributed by atoms with E-state index in [1.165, 1.54) is 18.3 Å². The Bertz CT molecular complexity index is 986. The van der Waals surface area contributed by atoms with Gasteiger partial charge >= 0.3 is 0 Å². The van der Waals surface area contributed by atoms with Crippen LogP contribution >= 0.6 is 11.3 Å². The molecule has 0 aliphatic rings. The normalized spacial score (nSPS) is 11.2. The minimum atomic E-state index is -0.0404. The van der Waals surface area contributed by atoms with Gasteiger partial charge in [-0.1, -0.05) is 18.2 Å². The van der Waals surface area contributed by atoms with E-state index < -0.39 is 0 Å². The molecule has 2 heterocycles. The average Bonchev–Trinajstić information content (AvgIpc) is 3.04. The lowest BCUT2D eigenvalue weighted by Crippen LogP contribution is -2.02.